The Balaban J connectivity index is 0.000000155. The SMILES string of the molecule is CCOc1ccc2c(c1)nc(COc1cccc(OC)c1)n2CC(C)C.CCOc1ccc2nc(COc3ccc(C)cc3)n(CC(C)C)c2c1.CCOc1cccc(OCc2nc3ccc(OCC)cc3n2CC(C)C)c1.COc1cccc(OCc2nc3ccc(OCCn4ccnc4)cc3n2CC(C)C)c1. The fourth-order valence-electron chi connectivity index (χ4n) is 12.3. The van der Waals surface area contributed by atoms with E-state index < -0.39 is 0 Å². The third-order valence-electron chi connectivity index (χ3n) is 17.2. The average Bonchev–Trinajstić information content (AvgIpc) is 1.67. The summed E-state index contributed by atoms with van der Waals surface area (Å²) >= 11 is 0. The molecular weight excluding hydrogens is 1370 g/mol. The lowest BCUT2D eigenvalue weighted by atomic mass is 10.2. The summed E-state index contributed by atoms with van der Waals surface area (Å²) in [6, 6.07) is 55.3. The van der Waals surface area contributed by atoms with Gasteiger partial charge in [0.05, 0.1) is 97.7 Å². The second kappa shape index (κ2) is 40.0. The first-order valence-corrected chi connectivity index (χ1v) is 37.9. The predicted octanol–water partition coefficient (Wildman–Crippen LogP) is 19.3. The zero-order chi connectivity index (χ0) is 77.2. The van der Waals surface area contributed by atoms with Crippen LogP contribution >= 0.6 is 0 Å². The predicted molar refractivity (Wildman–Crippen MR) is 432 cm³/mol. The molecule has 0 atom stereocenters. The summed E-state index contributed by atoms with van der Waals surface area (Å²) in [5.74, 6) is 14.6. The van der Waals surface area contributed by atoms with Crippen LogP contribution in [0.4, 0.5) is 0 Å². The van der Waals surface area contributed by atoms with Crippen molar-refractivity contribution < 1.29 is 52.1 Å². The van der Waals surface area contributed by atoms with Crippen molar-refractivity contribution in [3.63, 3.8) is 0 Å². The Bertz CT molecular complexity index is 4940. The van der Waals surface area contributed by atoms with Crippen molar-refractivity contribution in [1.82, 2.24) is 47.8 Å². The van der Waals surface area contributed by atoms with Crippen LogP contribution in [0, 0.1) is 30.6 Å². The summed E-state index contributed by atoms with van der Waals surface area (Å²) in [7, 11) is 3.30. The second-order valence-electron chi connectivity index (χ2n) is 27.9. The van der Waals surface area contributed by atoms with Gasteiger partial charge in [-0.1, -0.05) is 91.3 Å². The van der Waals surface area contributed by atoms with E-state index in [1.54, 1.807) is 26.7 Å². The Kier molecular flexibility index (Phi) is 29.4. The van der Waals surface area contributed by atoms with Crippen molar-refractivity contribution in [2.45, 2.75) is 149 Å². The number of benzene rings is 8. The highest BCUT2D eigenvalue weighted by atomic mass is 16.5. The van der Waals surface area contributed by atoms with Gasteiger partial charge in [-0.25, -0.2) is 24.9 Å². The Morgan fingerprint density at radius 2 is 0.642 bits per heavy atom. The lowest BCUT2D eigenvalue weighted by molar-refractivity contribution is 0.283. The number of aromatic nitrogens is 10. The Morgan fingerprint density at radius 1 is 0.321 bits per heavy atom. The van der Waals surface area contributed by atoms with Crippen molar-refractivity contribution in [2.24, 2.45) is 23.7 Å². The maximum Gasteiger partial charge on any atom is 0.148 e. The van der Waals surface area contributed by atoms with E-state index >= 15 is 0 Å². The molecule has 109 heavy (non-hydrogen) atoms. The van der Waals surface area contributed by atoms with Crippen LogP contribution in [0.25, 0.3) is 44.1 Å². The Labute approximate surface area is 641 Å². The van der Waals surface area contributed by atoms with E-state index in [1.807, 2.05) is 172 Å². The molecule has 13 rings (SSSR count). The smallest absolute Gasteiger partial charge is 0.148 e. The molecule has 8 aromatic carbocycles. The minimum Gasteiger partial charge on any atom is -0.497 e. The zero-order valence-electron chi connectivity index (χ0n) is 66.1. The molecule has 0 aliphatic rings. The van der Waals surface area contributed by atoms with E-state index in [1.165, 1.54) is 5.56 Å². The molecule has 0 amide bonds. The van der Waals surface area contributed by atoms with Gasteiger partial charge in [-0.05, 0) is 155 Å². The fraction of sp³-hybridized carbons (Fsp3) is 0.375. The number of methoxy groups -OCH3 is 2. The van der Waals surface area contributed by atoms with Crippen molar-refractivity contribution in [3.05, 3.63) is 217 Å². The number of nitrogens with zero attached hydrogens (tertiary/aromatic N) is 10. The molecule has 5 heterocycles. The monoisotopic (exact) mass is 1480 g/mol. The van der Waals surface area contributed by atoms with E-state index in [0.717, 1.165) is 163 Å². The number of rotatable bonds is 34. The van der Waals surface area contributed by atoms with Crippen LogP contribution in [0.5, 0.6) is 63.2 Å². The molecule has 0 N–H and O–H groups in total. The van der Waals surface area contributed by atoms with Crippen LogP contribution < -0.4 is 52.1 Å². The Morgan fingerprint density at radius 3 is 1.02 bits per heavy atom. The van der Waals surface area contributed by atoms with Crippen LogP contribution in [-0.4, -0.2) is 95.0 Å². The molecule has 0 spiro atoms. The standard InChI is InChI=1S/C24H28N4O3.C22H28N2O3.C21H26N2O3.C21H26N2O2/c1-18(2)15-28-23-14-21(30-12-11-27-10-9-25-17-27)7-8-22(23)26-24(28)16-31-20-6-4-5-19(13-20)29-3;1-5-25-17-8-7-9-18(12-17)27-15-22-23-20-11-10-19(26-6-2)13-21(20)24(22)14-16(3)4;1-5-25-18-9-10-20-19(12-18)22-21(23(20)13-15(2)3)14-26-17-8-6-7-16(11-17)24-4;1-5-24-18-10-11-19-20(12-18)23(13-15(2)3)21(22-19)14-25-17-8-6-16(4)7-9-17/h4-10,13-14,17-18H,11-12,15-16H2,1-3H3;7-13,16H,5-6,14-15H2,1-4H3;6-12,15H,5,13-14H2,1-4H3;6-12,15H,5,13-14H2,1-4H3. The van der Waals surface area contributed by atoms with Crippen molar-refractivity contribution in [3.8, 4) is 63.2 Å². The molecule has 5 aromatic heterocycles. The molecule has 0 aliphatic carbocycles. The fourth-order valence-corrected chi connectivity index (χ4v) is 12.3. The molecule has 0 bridgehead atoms. The number of ether oxygens (including phenoxy) is 11. The van der Waals surface area contributed by atoms with Gasteiger partial charge in [0.1, 0.15) is 120 Å². The molecule has 21 nitrogen and oxygen atoms in total. The van der Waals surface area contributed by atoms with Crippen molar-refractivity contribution in [1.29, 1.82) is 0 Å². The maximum absolute atomic E-state index is 6.02. The van der Waals surface area contributed by atoms with Crippen molar-refractivity contribution >= 4 is 44.1 Å². The quantitative estimate of drug-likeness (QED) is 0.0370. The van der Waals surface area contributed by atoms with Gasteiger partial charge in [0, 0.05) is 81.0 Å². The number of imidazole rings is 5. The lowest BCUT2D eigenvalue weighted by Crippen LogP contribution is -2.11. The largest absolute Gasteiger partial charge is 0.497 e. The van der Waals surface area contributed by atoms with E-state index in [2.05, 4.69) is 122 Å². The normalized spacial score (nSPS) is 11.2. The minimum absolute atomic E-state index is 0.380. The molecular formula is C88H108N10O11. The highest BCUT2D eigenvalue weighted by Gasteiger charge is 2.19. The molecule has 0 saturated carbocycles. The number of fused-ring (bicyclic) bond motifs is 4. The zero-order valence-corrected chi connectivity index (χ0v) is 66.1. The van der Waals surface area contributed by atoms with E-state index in [9.17, 15) is 0 Å². The molecule has 0 radical (unpaired) electrons. The number of hydrogen-bond acceptors (Lipinski definition) is 16. The summed E-state index contributed by atoms with van der Waals surface area (Å²) in [6.45, 7) is 36.7. The van der Waals surface area contributed by atoms with Crippen LogP contribution in [0.3, 0.4) is 0 Å². The third kappa shape index (κ3) is 23.1. The third-order valence-corrected chi connectivity index (χ3v) is 17.2. The van der Waals surface area contributed by atoms with Crippen LogP contribution in [0.2, 0.25) is 0 Å². The molecule has 21 heteroatoms. The highest BCUT2D eigenvalue weighted by molar-refractivity contribution is 5.80. The second-order valence-corrected chi connectivity index (χ2v) is 27.9. The lowest BCUT2D eigenvalue weighted by Gasteiger charge is -2.13. The van der Waals surface area contributed by atoms with Gasteiger partial charge >= 0.3 is 0 Å². The van der Waals surface area contributed by atoms with Gasteiger partial charge < -0.3 is 74.9 Å². The maximum atomic E-state index is 6.02. The van der Waals surface area contributed by atoms with Gasteiger partial charge in [0.25, 0.3) is 0 Å². The van der Waals surface area contributed by atoms with E-state index in [4.69, 9.17) is 72.0 Å². The first-order chi connectivity index (χ1) is 52.9. The minimum atomic E-state index is 0.380. The molecule has 0 fully saturated rings. The van der Waals surface area contributed by atoms with Crippen LogP contribution in [0.1, 0.15) is 112 Å². The van der Waals surface area contributed by atoms with Gasteiger partial charge in [-0.3, -0.25) is 0 Å². The van der Waals surface area contributed by atoms with Crippen molar-refractivity contribution in [2.75, 3.05) is 47.3 Å². The van der Waals surface area contributed by atoms with Crippen LogP contribution in [0.15, 0.2) is 189 Å². The van der Waals surface area contributed by atoms with Gasteiger partial charge in [-0.2, -0.15) is 0 Å². The molecule has 0 saturated heterocycles. The van der Waals surface area contributed by atoms with Crippen LogP contribution in [-0.2, 0) is 59.2 Å². The van der Waals surface area contributed by atoms with E-state index in [-0.39, 0.29) is 0 Å². The molecule has 0 unspecified atom stereocenters. The van der Waals surface area contributed by atoms with Gasteiger partial charge in [0.15, 0.2) is 0 Å². The van der Waals surface area contributed by atoms with E-state index in [0.29, 0.717) is 83.1 Å². The summed E-state index contributed by atoms with van der Waals surface area (Å²) in [5.41, 5.74) is 9.37. The average molecular weight is 1480 g/mol. The first-order valence-electron chi connectivity index (χ1n) is 37.9. The summed E-state index contributed by atoms with van der Waals surface area (Å²) in [6.07, 6.45) is 5.49. The number of hydrogen-bond donors (Lipinski definition) is 0. The molecule has 13 aromatic rings. The summed E-state index contributed by atoms with van der Waals surface area (Å²) < 4.78 is 73.9. The highest BCUT2D eigenvalue weighted by Crippen LogP contribution is 2.31. The summed E-state index contributed by atoms with van der Waals surface area (Å²) in [5, 5.41) is 0. The topological polar surface area (TPSA) is 191 Å². The first kappa shape index (κ1) is 80.2. The molecule has 0 aliphatic heterocycles. The summed E-state index contributed by atoms with van der Waals surface area (Å²) in [4.78, 5) is 23.2. The number of aryl methyl sites for hydroxylation is 1. The van der Waals surface area contributed by atoms with Gasteiger partial charge in [-0.15, -0.1) is 0 Å². The molecule has 576 valence electrons. The Hall–Kier alpha value is -11.4. The van der Waals surface area contributed by atoms with Gasteiger partial charge in [0.2, 0.25) is 0 Å².